The Labute approximate surface area is 221 Å². The molecule has 1 aromatic carbocycles. The number of carboxylic acid groups (broad SMARTS) is 1. The smallest absolute Gasteiger partial charge is 0.305 e. The highest BCUT2D eigenvalue weighted by molar-refractivity contribution is 7.99. The molecule has 6 heteroatoms. The first kappa shape index (κ1) is 31.3. The van der Waals surface area contributed by atoms with Gasteiger partial charge in [-0.15, -0.1) is 0 Å². The predicted octanol–water partition coefficient (Wildman–Crippen LogP) is 7.26. The second-order valence-electron chi connectivity index (χ2n) is 8.73. The van der Waals surface area contributed by atoms with E-state index in [1.165, 1.54) is 5.57 Å². The first-order valence-corrected chi connectivity index (χ1v) is 13.9. The van der Waals surface area contributed by atoms with Gasteiger partial charge in [-0.3, -0.25) is 9.59 Å². The number of hydrogen-bond acceptors (Lipinski definition) is 5. The van der Waals surface area contributed by atoms with E-state index in [0.717, 1.165) is 65.2 Å². The van der Waals surface area contributed by atoms with Crippen molar-refractivity contribution in [1.82, 2.24) is 5.32 Å². The summed E-state index contributed by atoms with van der Waals surface area (Å²) in [6, 6.07) is 8.12. The van der Waals surface area contributed by atoms with Crippen LogP contribution in [0, 0.1) is 0 Å². The van der Waals surface area contributed by atoms with E-state index in [1.54, 1.807) is 0 Å². The number of carbonyl (C=O) groups is 2. The molecule has 0 atom stereocenters. The van der Waals surface area contributed by atoms with Gasteiger partial charge in [-0.1, -0.05) is 56.0 Å². The topological polar surface area (TPSA) is 75.6 Å². The average molecular weight is 514 g/mol. The van der Waals surface area contributed by atoms with Crippen LogP contribution in [0.5, 0.6) is 0 Å². The van der Waals surface area contributed by atoms with Gasteiger partial charge in [-0.2, -0.15) is 11.8 Å². The highest BCUT2D eigenvalue weighted by atomic mass is 32.2. The number of carbonyl (C=O) groups excluding carboxylic acids is 1. The maximum absolute atomic E-state index is 11.9. The molecule has 0 aliphatic heterocycles. The van der Waals surface area contributed by atoms with Crippen LogP contribution in [0.15, 0.2) is 60.7 Å². The number of benzene rings is 1. The van der Waals surface area contributed by atoms with E-state index >= 15 is 0 Å². The Hall–Kier alpha value is -2.73. The lowest BCUT2D eigenvalue weighted by molar-refractivity contribution is -0.143. The molecule has 0 spiro atoms. The molecule has 0 aliphatic rings. The molecule has 0 bridgehead atoms. The van der Waals surface area contributed by atoms with Gasteiger partial charge in [0.1, 0.15) is 0 Å². The summed E-state index contributed by atoms with van der Waals surface area (Å²) in [7, 11) is 0. The van der Waals surface area contributed by atoms with Crippen LogP contribution in [0.4, 0.5) is 0 Å². The molecule has 0 heterocycles. The molecule has 198 valence electrons. The van der Waals surface area contributed by atoms with E-state index in [9.17, 15) is 9.59 Å². The molecule has 1 rings (SSSR count). The number of allylic oxidation sites excluding steroid dienone is 5. The molecule has 0 saturated heterocycles. The lowest BCUT2D eigenvalue weighted by atomic mass is 9.92. The van der Waals surface area contributed by atoms with E-state index in [-0.39, 0.29) is 12.4 Å². The predicted molar refractivity (Wildman–Crippen MR) is 154 cm³/mol. The zero-order valence-corrected chi connectivity index (χ0v) is 23.1. The van der Waals surface area contributed by atoms with E-state index in [2.05, 4.69) is 44.5 Å². The minimum absolute atomic E-state index is 0.156. The third-order valence-corrected chi connectivity index (χ3v) is 6.96. The molecular formula is C30H43NO4S. The summed E-state index contributed by atoms with van der Waals surface area (Å²) in [6.45, 7) is 15.8. The zero-order chi connectivity index (χ0) is 26.8. The molecule has 1 aromatic rings. The van der Waals surface area contributed by atoms with Crippen molar-refractivity contribution in [3.63, 3.8) is 0 Å². The van der Waals surface area contributed by atoms with E-state index in [4.69, 9.17) is 9.84 Å². The molecule has 0 radical (unpaired) electrons. The van der Waals surface area contributed by atoms with Crippen molar-refractivity contribution in [2.45, 2.75) is 65.7 Å². The van der Waals surface area contributed by atoms with Crippen molar-refractivity contribution in [2.24, 2.45) is 0 Å². The largest absolute Gasteiger partial charge is 0.481 e. The number of rotatable bonds is 19. The summed E-state index contributed by atoms with van der Waals surface area (Å²) in [5.41, 5.74) is 6.22. The van der Waals surface area contributed by atoms with Gasteiger partial charge in [0.05, 0.1) is 6.61 Å². The first-order chi connectivity index (χ1) is 17.3. The molecule has 5 nitrogen and oxygen atoms in total. The second kappa shape index (κ2) is 18.5. The minimum Gasteiger partial charge on any atom is -0.481 e. The minimum atomic E-state index is -0.729. The van der Waals surface area contributed by atoms with Gasteiger partial charge in [0, 0.05) is 30.6 Å². The number of nitrogens with one attached hydrogen (secondary N) is 1. The van der Waals surface area contributed by atoms with Crippen molar-refractivity contribution >= 4 is 35.0 Å². The molecule has 0 amide bonds. The summed E-state index contributed by atoms with van der Waals surface area (Å²) in [5, 5.41) is 12.0. The van der Waals surface area contributed by atoms with Crippen LogP contribution >= 0.6 is 11.8 Å². The maximum Gasteiger partial charge on any atom is 0.305 e. The first-order valence-electron chi connectivity index (χ1n) is 12.7. The SMILES string of the molecule is C=C(NCCCOC(=O)CCCSCCCCCC(=O)O)c1ccccc1C(=C)/C(C)=C(C)\C=C/C. The molecule has 2 N–H and O–H groups in total. The lowest BCUT2D eigenvalue weighted by Gasteiger charge is -2.17. The summed E-state index contributed by atoms with van der Waals surface area (Å²) in [5.74, 6) is 1.04. The number of carboxylic acids is 1. The molecule has 0 aliphatic carbocycles. The van der Waals surface area contributed by atoms with Crippen molar-refractivity contribution in [3.8, 4) is 0 Å². The normalized spacial score (nSPS) is 11.8. The molecule has 0 aromatic heterocycles. The van der Waals surface area contributed by atoms with Crippen molar-refractivity contribution in [2.75, 3.05) is 24.7 Å². The average Bonchev–Trinajstić information content (AvgIpc) is 2.86. The van der Waals surface area contributed by atoms with Crippen molar-refractivity contribution in [1.29, 1.82) is 0 Å². The maximum atomic E-state index is 11.9. The van der Waals surface area contributed by atoms with Gasteiger partial charge in [-0.25, -0.2) is 0 Å². The van der Waals surface area contributed by atoms with Gasteiger partial charge in [0.25, 0.3) is 0 Å². The quantitative estimate of drug-likeness (QED) is 0.115. The summed E-state index contributed by atoms with van der Waals surface area (Å²) in [4.78, 5) is 22.4. The standard InChI is InChI=1S/C30H43NO4S/c1-6-14-23(2)24(3)25(4)27-15-9-10-16-28(27)26(5)31-19-13-20-35-30(34)18-12-22-36-21-11-7-8-17-29(32)33/h6,9-10,14-16,31H,4-5,7-8,11-13,17-22H2,1-3H3,(H,32,33)/b14-6-,24-23-. The number of aliphatic carboxylic acids is 1. The molecule has 0 saturated carbocycles. The fourth-order valence-corrected chi connectivity index (χ4v) is 4.53. The lowest BCUT2D eigenvalue weighted by Crippen LogP contribution is -2.17. The van der Waals surface area contributed by atoms with E-state index in [0.29, 0.717) is 26.0 Å². The Morgan fingerprint density at radius 3 is 2.39 bits per heavy atom. The Morgan fingerprint density at radius 1 is 1.00 bits per heavy atom. The van der Waals surface area contributed by atoms with Gasteiger partial charge in [0.15, 0.2) is 0 Å². The van der Waals surface area contributed by atoms with Crippen LogP contribution in [0.2, 0.25) is 0 Å². The van der Waals surface area contributed by atoms with E-state index < -0.39 is 5.97 Å². The Bertz CT molecular complexity index is 933. The van der Waals surface area contributed by atoms with Crippen LogP contribution in [0.3, 0.4) is 0 Å². The third kappa shape index (κ3) is 12.8. The number of unbranched alkanes of at least 4 members (excludes halogenated alkanes) is 2. The number of esters is 1. The van der Waals surface area contributed by atoms with Gasteiger partial charge >= 0.3 is 11.9 Å². The van der Waals surface area contributed by atoms with Crippen LogP contribution in [0.25, 0.3) is 11.3 Å². The molecule has 36 heavy (non-hydrogen) atoms. The fourth-order valence-electron chi connectivity index (χ4n) is 3.57. The monoisotopic (exact) mass is 513 g/mol. The van der Waals surface area contributed by atoms with Crippen molar-refractivity contribution in [3.05, 3.63) is 71.8 Å². The Morgan fingerprint density at radius 2 is 1.69 bits per heavy atom. The Balaban J connectivity index is 2.28. The molecule has 0 fully saturated rings. The number of ether oxygens (including phenoxy) is 1. The van der Waals surface area contributed by atoms with Crippen LogP contribution in [-0.4, -0.2) is 41.7 Å². The van der Waals surface area contributed by atoms with Gasteiger partial charge in [-0.05, 0) is 80.2 Å². The van der Waals surface area contributed by atoms with E-state index in [1.807, 2.05) is 43.0 Å². The fraction of sp³-hybridized carbons (Fsp3) is 0.467. The third-order valence-electron chi connectivity index (χ3n) is 5.81. The summed E-state index contributed by atoms with van der Waals surface area (Å²) < 4.78 is 5.35. The van der Waals surface area contributed by atoms with Gasteiger partial charge in [0.2, 0.25) is 0 Å². The van der Waals surface area contributed by atoms with Crippen LogP contribution < -0.4 is 5.32 Å². The highest BCUT2D eigenvalue weighted by Gasteiger charge is 2.11. The molecular weight excluding hydrogens is 470 g/mol. The zero-order valence-electron chi connectivity index (χ0n) is 22.2. The Kier molecular flexibility index (Phi) is 16.1. The second-order valence-corrected chi connectivity index (χ2v) is 9.96. The van der Waals surface area contributed by atoms with Gasteiger partial charge < -0.3 is 15.2 Å². The number of thioether (sulfide) groups is 1. The number of hydrogen-bond donors (Lipinski definition) is 2. The van der Waals surface area contributed by atoms with Crippen LogP contribution in [0.1, 0.15) is 76.8 Å². The summed E-state index contributed by atoms with van der Waals surface area (Å²) >= 11 is 1.81. The van der Waals surface area contributed by atoms with Crippen molar-refractivity contribution < 1.29 is 19.4 Å². The van der Waals surface area contributed by atoms with Crippen LogP contribution in [-0.2, 0) is 14.3 Å². The molecule has 0 unspecified atom stereocenters. The highest BCUT2D eigenvalue weighted by Crippen LogP contribution is 2.29. The summed E-state index contributed by atoms with van der Waals surface area (Å²) in [6.07, 6.45) is 9.00.